The first-order valence-corrected chi connectivity index (χ1v) is 3.57. The highest BCUT2D eigenvalue weighted by Gasteiger charge is 2.35. The van der Waals surface area contributed by atoms with Gasteiger partial charge in [0.05, 0.1) is 12.7 Å². The second-order valence-electron chi connectivity index (χ2n) is 2.90. The minimum atomic E-state index is 0.168. The summed E-state index contributed by atoms with van der Waals surface area (Å²) in [6.07, 6.45) is 1.43. The van der Waals surface area contributed by atoms with Gasteiger partial charge in [0.2, 0.25) is 0 Å². The SMILES string of the molecule is O=C1CC2COCOC2C1. The molecule has 2 fully saturated rings. The summed E-state index contributed by atoms with van der Waals surface area (Å²) in [6.45, 7) is 1.07. The Morgan fingerprint density at radius 1 is 1.40 bits per heavy atom. The highest BCUT2D eigenvalue weighted by molar-refractivity contribution is 5.81. The summed E-state index contributed by atoms with van der Waals surface area (Å²) in [4.78, 5) is 10.9. The zero-order valence-electron chi connectivity index (χ0n) is 5.71. The van der Waals surface area contributed by atoms with Crippen molar-refractivity contribution in [3.8, 4) is 0 Å². The van der Waals surface area contributed by atoms with Crippen LogP contribution in [0, 0.1) is 5.92 Å². The Balaban J connectivity index is 2.04. The third-order valence-corrected chi connectivity index (χ3v) is 2.14. The van der Waals surface area contributed by atoms with Crippen molar-refractivity contribution in [1.29, 1.82) is 0 Å². The first kappa shape index (κ1) is 6.31. The van der Waals surface area contributed by atoms with Gasteiger partial charge in [-0.25, -0.2) is 0 Å². The number of ketones is 1. The van der Waals surface area contributed by atoms with Gasteiger partial charge in [-0.2, -0.15) is 0 Å². The molecule has 3 heteroatoms. The topological polar surface area (TPSA) is 35.5 Å². The van der Waals surface area contributed by atoms with E-state index in [4.69, 9.17) is 9.47 Å². The van der Waals surface area contributed by atoms with Crippen LogP contribution >= 0.6 is 0 Å². The second kappa shape index (κ2) is 2.32. The Bertz CT molecular complexity index is 139. The molecular formula is C7H10O3. The molecular weight excluding hydrogens is 132 g/mol. The Labute approximate surface area is 59.3 Å². The maximum atomic E-state index is 10.9. The number of hydrogen-bond acceptors (Lipinski definition) is 3. The van der Waals surface area contributed by atoms with Crippen LogP contribution in [-0.4, -0.2) is 25.3 Å². The monoisotopic (exact) mass is 142 g/mol. The van der Waals surface area contributed by atoms with Crippen molar-refractivity contribution >= 4 is 5.78 Å². The molecule has 1 heterocycles. The van der Waals surface area contributed by atoms with E-state index >= 15 is 0 Å². The van der Waals surface area contributed by atoms with Crippen LogP contribution in [0.3, 0.4) is 0 Å². The molecule has 0 aromatic heterocycles. The summed E-state index contributed by atoms with van der Waals surface area (Å²) in [5.74, 6) is 0.668. The number of fused-ring (bicyclic) bond motifs is 1. The largest absolute Gasteiger partial charge is 0.355 e. The van der Waals surface area contributed by atoms with E-state index in [0.29, 0.717) is 37.9 Å². The van der Waals surface area contributed by atoms with Gasteiger partial charge in [-0.3, -0.25) is 4.79 Å². The molecule has 1 saturated carbocycles. The number of ether oxygens (including phenoxy) is 2. The lowest BCUT2D eigenvalue weighted by atomic mass is 10.1. The van der Waals surface area contributed by atoms with E-state index in [1.54, 1.807) is 0 Å². The van der Waals surface area contributed by atoms with Crippen LogP contribution in [-0.2, 0) is 14.3 Å². The second-order valence-corrected chi connectivity index (χ2v) is 2.90. The molecule has 1 saturated heterocycles. The van der Waals surface area contributed by atoms with E-state index in [-0.39, 0.29) is 6.10 Å². The Hall–Kier alpha value is -0.410. The van der Waals surface area contributed by atoms with E-state index < -0.39 is 0 Å². The predicted molar refractivity (Wildman–Crippen MR) is 33.4 cm³/mol. The van der Waals surface area contributed by atoms with Crippen LogP contribution in [0.15, 0.2) is 0 Å². The Kier molecular flexibility index (Phi) is 1.47. The molecule has 0 N–H and O–H groups in total. The molecule has 0 amide bonds. The highest BCUT2D eigenvalue weighted by Crippen LogP contribution is 2.28. The maximum absolute atomic E-state index is 10.9. The van der Waals surface area contributed by atoms with Crippen LogP contribution in [0.4, 0.5) is 0 Å². The van der Waals surface area contributed by atoms with Gasteiger partial charge in [-0.1, -0.05) is 0 Å². The lowest BCUT2D eigenvalue weighted by Crippen LogP contribution is -2.29. The van der Waals surface area contributed by atoms with Gasteiger partial charge >= 0.3 is 0 Å². The van der Waals surface area contributed by atoms with Crippen LogP contribution in [0.25, 0.3) is 0 Å². The molecule has 1 aliphatic carbocycles. The average Bonchev–Trinajstić information content (AvgIpc) is 2.27. The highest BCUT2D eigenvalue weighted by atomic mass is 16.7. The van der Waals surface area contributed by atoms with Gasteiger partial charge in [-0.05, 0) is 0 Å². The van der Waals surface area contributed by atoms with Crippen molar-refractivity contribution < 1.29 is 14.3 Å². The van der Waals surface area contributed by atoms with Crippen molar-refractivity contribution in [2.24, 2.45) is 5.92 Å². The number of hydrogen-bond donors (Lipinski definition) is 0. The van der Waals surface area contributed by atoms with Crippen molar-refractivity contribution in [1.82, 2.24) is 0 Å². The molecule has 0 aromatic rings. The minimum absolute atomic E-state index is 0.168. The van der Waals surface area contributed by atoms with Gasteiger partial charge in [0.25, 0.3) is 0 Å². The van der Waals surface area contributed by atoms with Crippen LogP contribution in [0.1, 0.15) is 12.8 Å². The molecule has 0 spiro atoms. The zero-order chi connectivity index (χ0) is 6.97. The summed E-state index contributed by atoms with van der Waals surface area (Å²) in [6, 6.07) is 0. The van der Waals surface area contributed by atoms with Gasteiger partial charge < -0.3 is 9.47 Å². The lowest BCUT2D eigenvalue weighted by Gasteiger charge is -2.24. The summed E-state index contributed by atoms with van der Waals surface area (Å²) in [5, 5.41) is 0. The lowest BCUT2D eigenvalue weighted by molar-refractivity contribution is -0.159. The molecule has 3 nitrogen and oxygen atoms in total. The fourth-order valence-electron chi connectivity index (χ4n) is 1.59. The molecule has 56 valence electrons. The molecule has 10 heavy (non-hydrogen) atoms. The number of Topliss-reactive ketones (excluding diaryl/α,β-unsaturated/α-hetero) is 1. The smallest absolute Gasteiger partial charge is 0.147 e. The molecule has 0 aromatic carbocycles. The molecule has 2 unspecified atom stereocenters. The molecule has 2 rings (SSSR count). The van der Waals surface area contributed by atoms with Crippen LogP contribution in [0.2, 0.25) is 0 Å². The molecule has 0 bridgehead atoms. The van der Waals surface area contributed by atoms with Gasteiger partial charge in [0, 0.05) is 18.8 Å². The number of carbonyl (C=O) groups is 1. The first-order valence-electron chi connectivity index (χ1n) is 3.57. The number of carbonyl (C=O) groups excluding carboxylic acids is 1. The van der Waals surface area contributed by atoms with Crippen molar-refractivity contribution in [3.05, 3.63) is 0 Å². The summed E-state index contributed by atoms with van der Waals surface area (Å²) >= 11 is 0. The summed E-state index contributed by atoms with van der Waals surface area (Å²) in [5.41, 5.74) is 0. The van der Waals surface area contributed by atoms with Crippen molar-refractivity contribution in [2.45, 2.75) is 18.9 Å². The fourth-order valence-corrected chi connectivity index (χ4v) is 1.59. The van der Waals surface area contributed by atoms with Crippen LogP contribution in [0.5, 0.6) is 0 Å². The molecule has 2 aliphatic rings. The fraction of sp³-hybridized carbons (Fsp3) is 0.857. The molecule has 0 radical (unpaired) electrons. The van der Waals surface area contributed by atoms with E-state index in [1.807, 2.05) is 0 Å². The predicted octanol–water partition coefficient (Wildman–Crippen LogP) is 0.338. The van der Waals surface area contributed by atoms with E-state index in [2.05, 4.69) is 0 Å². The van der Waals surface area contributed by atoms with Crippen molar-refractivity contribution in [2.75, 3.05) is 13.4 Å². The van der Waals surface area contributed by atoms with Gasteiger partial charge in [0.15, 0.2) is 0 Å². The molecule has 2 atom stereocenters. The summed E-state index contributed by atoms with van der Waals surface area (Å²) in [7, 11) is 0. The zero-order valence-corrected chi connectivity index (χ0v) is 5.71. The van der Waals surface area contributed by atoms with Gasteiger partial charge in [0.1, 0.15) is 12.6 Å². The van der Waals surface area contributed by atoms with Crippen LogP contribution < -0.4 is 0 Å². The summed E-state index contributed by atoms with van der Waals surface area (Å²) < 4.78 is 10.3. The first-order chi connectivity index (χ1) is 4.86. The normalized spacial score (nSPS) is 39.8. The van der Waals surface area contributed by atoms with Gasteiger partial charge in [-0.15, -0.1) is 0 Å². The van der Waals surface area contributed by atoms with Crippen molar-refractivity contribution in [3.63, 3.8) is 0 Å². The third-order valence-electron chi connectivity index (χ3n) is 2.14. The van der Waals surface area contributed by atoms with E-state index in [9.17, 15) is 4.79 Å². The molecule has 1 aliphatic heterocycles. The average molecular weight is 142 g/mol. The maximum Gasteiger partial charge on any atom is 0.147 e. The Morgan fingerprint density at radius 2 is 2.30 bits per heavy atom. The third kappa shape index (κ3) is 0.954. The van der Waals surface area contributed by atoms with E-state index in [0.717, 1.165) is 0 Å². The quantitative estimate of drug-likeness (QED) is 0.489. The van der Waals surface area contributed by atoms with E-state index in [1.165, 1.54) is 0 Å². The standard InChI is InChI=1S/C7H10O3/c8-6-1-5-3-9-4-10-7(5)2-6/h5,7H,1-4H2. The minimum Gasteiger partial charge on any atom is -0.355 e. The number of rotatable bonds is 0. The Morgan fingerprint density at radius 3 is 3.10 bits per heavy atom.